The number of nitrogens with zero attached hydrogens (tertiary/aromatic N) is 1. The van der Waals surface area contributed by atoms with Crippen molar-refractivity contribution < 1.29 is 14.4 Å². The molecule has 0 aromatic rings. The number of nitrogens with one attached hydrogen (secondary N) is 1. The Bertz CT molecular complexity index is 315. The van der Waals surface area contributed by atoms with E-state index in [2.05, 4.69) is 10.3 Å². The molecule has 0 aliphatic carbocycles. The van der Waals surface area contributed by atoms with Gasteiger partial charge in [-0.1, -0.05) is 0 Å². The third-order valence-corrected chi connectivity index (χ3v) is 1.17. The smallest absolute Gasteiger partial charge is 0.278 e. The van der Waals surface area contributed by atoms with E-state index in [1.807, 2.05) is 0 Å². The summed E-state index contributed by atoms with van der Waals surface area (Å²) in [6.07, 6.45) is 2.35. The molecule has 0 spiro atoms. The first-order chi connectivity index (χ1) is 5.61. The minimum atomic E-state index is -0.641. The zero-order valence-corrected chi connectivity index (χ0v) is 6.33. The van der Waals surface area contributed by atoms with Crippen LogP contribution in [-0.2, 0) is 14.4 Å². The molecular weight excluding hydrogens is 160 g/mol. The maximum Gasteiger partial charge on any atom is 0.278 e. The van der Waals surface area contributed by atoms with E-state index in [0.29, 0.717) is 0 Å². The number of rotatable bonds is 0. The van der Waals surface area contributed by atoms with Gasteiger partial charge >= 0.3 is 0 Å². The first kappa shape index (κ1) is 8.32. The van der Waals surface area contributed by atoms with Gasteiger partial charge in [-0.15, -0.1) is 0 Å². The summed E-state index contributed by atoms with van der Waals surface area (Å²) in [5, 5.41) is 2.24. The Morgan fingerprint density at radius 1 is 1.50 bits per heavy atom. The molecule has 1 heterocycles. The second kappa shape index (κ2) is 3.08. The van der Waals surface area contributed by atoms with Gasteiger partial charge in [0, 0.05) is 19.2 Å². The highest BCUT2D eigenvalue weighted by atomic mass is 16.2. The number of aliphatic imine (C=N–C) groups is 1. The van der Waals surface area contributed by atoms with Gasteiger partial charge in [0.2, 0.25) is 11.7 Å². The number of carbonyl (C=O) groups excluding carboxylic acids is 3. The zero-order valence-electron chi connectivity index (χ0n) is 6.33. The molecule has 0 saturated carbocycles. The van der Waals surface area contributed by atoms with Gasteiger partial charge in [-0.05, 0) is 0 Å². The molecule has 0 saturated heterocycles. The van der Waals surface area contributed by atoms with E-state index < -0.39 is 17.6 Å². The molecule has 1 aliphatic rings. The van der Waals surface area contributed by atoms with Crippen molar-refractivity contribution in [3.05, 3.63) is 12.3 Å². The van der Waals surface area contributed by atoms with Gasteiger partial charge in [-0.3, -0.25) is 14.4 Å². The van der Waals surface area contributed by atoms with Crippen LogP contribution >= 0.6 is 0 Å². The monoisotopic (exact) mass is 166 g/mol. The lowest BCUT2D eigenvalue weighted by atomic mass is 10.2. The van der Waals surface area contributed by atoms with Crippen LogP contribution in [0, 0.1) is 0 Å². The van der Waals surface area contributed by atoms with E-state index >= 15 is 0 Å². The number of allylic oxidation sites excluding steroid dienone is 1. The van der Waals surface area contributed by atoms with Crippen LogP contribution in [-0.4, -0.2) is 23.3 Å². The van der Waals surface area contributed by atoms with E-state index in [0.717, 1.165) is 6.08 Å². The van der Waals surface area contributed by atoms with Crippen LogP contribution in [0.2, 0.25) is 0 Å². The molecule has 1 N–H and O–H groups in total. The molecule has 2 amide bonds. The molecule has 12 heavy (non-hydrogen) atoms. The van der Waals surface area contributed by atoms with Crippen molar-refractivity contribution in [2.75, 3.05) is 0 Å². The standard InChI is InChI=1S/C7H6N2O3/c1-4(10)9-6-5(11)2-3-8-7(6)12/h2-3H,1H3,(H,8,12). The van der Waals surface area contributed by atoms with Gasteiger partial charge in [0.15, 0.2) is 5.71 Å². The van der Waals surface area contributed by atoms with Crippen LogP contribution in [0.15, 0.2) is 17.3 Å². The highest BCUT2D eigenvalue weighted by Gasteiger charge is 2.21. The van der Waals surface area contributed by atoms with Crippen LogP contribution < -0.4 is 5.32 Å². The third-order valence-electron chi connectivity index (χ3n) is 1.17. The average molecular weight is 166 g/mol. The quantitative estimate of drug-likeness (QED) is 0.511. The largest absolute Gasteiger partial charge is 0.327 e. The summed E-state index contributed by atoms with van der Waals surface area (Å²) in [4.78, 5) is 35.5. The summed E-state index contributed by atoms with van der Waals surface area (Å²) in [6, 6.07) is 0. The first-order valence-corrected chi connectivity index (χ1v) is 3.22. The topological polar surface area (TPSA) is 75.6 Å². The lowest BCUT2D eigenvalue weighted by Gasteiger charge is -2.04. The highest BCUT2D eigenvalue weighted by Crippen LogP contribution is 1.92. The molecule has 1 aliphatic heterocycles. The second-order valence-electron chi connectivity index (χ2n) is 2.15. The Labute approximate surface area is 68.2 Å². The van der Waals surface area contributed by atoms with Crippen LogP contribution in [0.25, 0.3) is 0 Å². The molecule has 0 aromatic heterocycles. The minimum absolute atomic E-state index is 0.356. The van der Waals surface area contributed by atoms with Crippen LogP contribution in [0.5, 0.6) is 0 Å². The maximum atomic E-state index is 10.9. The van der Waals surface area contributed by atoms with Gasteiger partial charge < -0.3 is 5.32 Å². The van der Waals surface area contributed by atoms with Crippen molar-refractivity contribution in [3.8, 4) is 0 Å². The maximum absolute atomic E-state index is 10.9. The number of carbonyl (C=O) groups is 3. The lowest BCUT2D eigenvalue weighted by molar-refractivity contribution is -0.119. The molecule has 0 unspecified atom stereocenters. The summed E-state index contributed by atoms with van der Waals surface area (Å²) < 4.78 is 0. The van der Waals surface area contributed by atoms with Crippen LogP contribution in [0.1, 0.15) is 6.92 Å². The zero-order chi connectivity index (χ0) is 9.14. The van der Waals surface area contributed by atoms with Crippen molar-refractivity contribution in [2.45, 2.75) is 6.92 Å². The van der Waals surface area contributed by atoms with Crippen molar-refractivity contribution in [2.24, 2.45) is 4.99 Å². The molecule has 0 bridgehead atoms. The van der Waals surface area contributed by atoms with Crippen molar-refractivity contribution in [1.82, 2.24) is 5.32 Å². The molecule has 0 radical (unpaired) electrons. The first-order valence-electron chi connectivity index (χ1n) is 3.22. The molecule has 0 atom stereocenters. The number of hydrogen-bond acceptors (Lipinski definition) is 3. The van der Waals surface area contributed by atoms with Crippen LogP contribution in [0.3, 0.4) is 0 Å². The fraction of sp³-hybridized carbons (Fsp3) is 0.143. The molecule has 0 aromatic carbocycles. The Morgan fingerprint density at radius 3 is 2.67 bits per heavy atom. The summed E-state index contributed by atoms with van der Waals surface area (Å²) in [5.74, 6) is -1.75. The lowest BCUT2D eigenvalue weighted by Crippen LogP contribution is -2.36. The second-order valence-corrected chi connectivity index (χ2v) is 2.15. The molecule has 62 valence electrons. The Kier molecular flexibility index (Phi) is 2.14. The highest BCUT2D eigenvalue weighted by molar-refractivity contribution is 6.69. The van der Waals surface area contributed by atoms with Crippen molar-refractivity contribution >= 4 is 23.3 Å². The van der Waals surface area contributed by atoms with E-state index in [1.54, 1.807) is 0 Å². The van der Waals surface area contributed by atoms with Gasteiger partial charge in [-0.2, -0.15) is 0 Å². The van der Waals surface area contributed by atoms with Crippen molar-refractivity contribution in [1.29, 1.82) is 0 Å². The van der Waals surface area contributed by atoms with Gasteiger partial charge in [0.05, 0.1) is 0 Å². The predicted molar refractivity (Wildman–Crippen MR) is 40.4 cm³/mol. The molecule has 1 rings (SSSR count). The average Bonchev–Trinajstić information content (AvgIpc) is 1.97. The third kappa shape index (κ3) is 1.63. The fourth-order valence-electron chi connectivity index (χ4n) is 0.716. The van der Waals surface area contributed by atoms with Crippen molar-refractivity contribution in [3.63, 3.8) is 0 Å². The van der Waals surface area contributed by atoms with E-state index in [1.165, 1.54) is 13.1 Å². The van der Waals surface area contributed by atoms with E-state index in [4.69, 9.17) is 0 Å². The van der Waals surface area contributed by atoms with Gasteiger partial charge in [0.25, 0.3) is 5.91 Å². The number of ketones is 1. The van der Waals surface area contributed by atoms with Crippen LogP contribution in [0.4, 0.5) is 0 Å². The van der Waals surface area contributed by atoms with Gasteiger partial charge in [-0.25, -0.2) is 4.99 Å². The molecule has 5 heteroatoms. The van der Waals surface area contributed by atoms with Gasteiger partial charge in [0.1, 0.15) is 0 Å². The Balaban J connectivity index is 3.02. The number of hydrogen-bond donors (Lipinski definition) is 1. The Hall–Kier alpha value is -1.78. The number of amides is 2. The Morgan fingerprint density at radius 2 is 2.17 bits per heavy atom. The summed E-state index contributed by atoms with van der Waals surface area (Å²) in [5.41, 5.74) is -0.356. The van der Waals surface area contributed by atoms with E-state index in [9.17, 15) is 14.4 Å². The van der Waals surface area contributed by atoms with E-state index in [-0.39, 0.29) is 5.71 Å². The fourth-order valence-corrected chi connectivity index (χ4v) is 0.716. The SMILES string of the molecule is CC(=O)N=C1C(=O)C=CNC1=O. The summed E-state index contributed by atoms with van der Waals surface area (Å²) in [6.45, 7) is 1.17. The minimum Gasteiger partial charge on any atom is -0.327 e. The molecule has 0 fully saturated rings. The normalized spacial score (nSPS) is 19.6. The molecule has 5 nitrogen and oxygen atoms in total. The molecular formula is C7H6N2O3. The predicted octanol–water partition coefficient (Wildman–Crippen LogP) is -0.814. The summed E-state index contributed by atoms with van der Waals surface area (Å²) >= 11 is 0. The summed E-state index contributed by atoms with van der Waals surface area (Å²) in [7, 11) is 0.